The minimum Gasteiger partial charge on any atom is -0.444 e. The summed E-state index contributed by atoms with van der Waals surface area (Å²) in [4.78, 5) is 34.8. The van der Waals surface area contributed by atoms with Gasteiger partial charge in [0.2, 0.25) is 0 Å². The number of imidazole rings is 1. The number of nitrogens with one attached hydrogen (secondary N) is 2. The second-order valence-electron chi connectivity index (χ2n) is 9.92. The molecule has 3 rings (SSSR count). The van der Waals surface area contributed by atoms with Gasteiger partial charge in [-0.05, 0) is 72.6 Å². The number of halogens is 1. The van der Waals surface area contributed by atoms with Gasteiger partial charge in [0.05, 0.1) is 11.0 Å². The number of aromatic nitrogens is 2. The smallest absolute Gasteiger partial charge is 0.410 e. The molecule has 1 aliphatic heterocycles. The number of fused-ring (bicyclic) bond motifs is 1. The van der Waals surface area contributed by atoms with Crippen LogP contribution in [-0.4, -0.2) is 51.3 Å². The minimum absolute atomic E-state index is 0.366. The highest BCUT2D eigenvalue weighted by molar-refractivity contribution is 6.31. The van der Waals surface area contributed by atoms with Crippen LogP contribution in [0.25, 0.3) is 11.0 Å². The van der Waals surface area contributed by atoms with Crippen LogP contribution in [-0.2, 0) is 15.0 Å². The number of alkyl carbamates (subject to hydrolysis) is 1. The number of carbonyl (C=O) groups excluding carboxylic acids is 2. The Morgan fingerprint density at radius 2 is 1.71 bits per heavy atom. The standard InChI is InChI=1S/C22H31ClN4O4/c1-20(2,3)30-18(28)26-22(17-24-15-8-7-14(23)13-16(15)25-17)9-11-27(12-10-22)19(29)31-21(4,5)6/h7-8,13H,9-12H2,1-6H3,(H,24,25)(H,26,28). The molecule has 0 spiro atoms. The molecular weight excluding hydrogens is 420 g/mol. The number of likely N-dealkylation sites (tertiary alicyclic amines) is 1. The van der Waals surface area contributed by atoms with Gasteiger partial charge in [0, 0.05) is 18.1 Å². The van der Waals surface area contributed by atoms with Crippen LogP contribution in [0.5, 0.6) is 0 Å². The van der Waals surface area contributed by atoms with E-state index in [1.165, 1.54) is 0 Å². The first-order chi connectivity index (χ1) is 14.3. The number of piperidine rings is 1. The van der Waals surface area contributed by atoms with E-state index < -0.39 is 22.8 Å². The first-order valence-corrected chi connectivity index (χ1v) is 10.8. The molecule has 0 aliphatic carbocycles. The summed E-state index contributed by atoms with van der Waals surface area (Å²) < 4.78 is 11.0. The van der Waals surface area contributed by atoms with E-state index in [0.717, 1.165) is 11.0 Å². The van der Waals surface area contributed by atoms with Crippen LogP contribution >= 0.6 is 11.6 Å². The summed E-state index contributed by atoms with van der Waals surface area (Å²) in [5.74, 6) is 0.611. The van der Waals surface area contributed by atoms with E-state index in [4.69, 9.17) is 26.1 Å². The molecule has 0 bridgehead atoms. The number of nitrogens with zero attached hydrogens (tertiary/aromatic N) is 2. The van der Waals surface area contributed by atoms with Crippen molar-refractivity contribution in [2.45, 2.75) is 71.1 Å². The molecule has 0 atom stereocenters. The molecule has 9 heteroatoms. The molecule has 0 radical (unpaired) electrons. The highest BCUT2D eigenvalue weighted by Gasteiger charge is 2.43. The molecule has 2 aromatic rings. The van der Waals surface area contributed by atoms with Crippen LogP contribution in [0.15, 0.2) is 18.2 Å². The zero-order valence-corrected chi connectivity index (χ0v) is 19.7. The number of hydrogen-bond donors (Lipinski definition) is 2. The van der Waals surface area contributed by atoms with E-state index in [2.05, 4.69) is 10.3 Å². The van der Waals surface area contributed by atoms with Gasteiger partial charge in [-0.3, -0.25) is 0 Å². The molecule has 1 aromatic heterocycles. The summed E-state index contributed by atoms with van der Waals surface area (Å²) in [6.07, 6.45) is 0.0180. The molecule has 2 heterocycles. The highest BCUT2D eigenvalue weighted by atomic mass is 35.5. The van der Waals surface area contributed by atoms with Crippen LogP contribution in [0, 0.1) is 0 Å². The van der Waals surface area contributed by atoms with Crippen molar-refractivity contribution >= 4 is 34.8 Å². The summed E-state index contributed by atoms with van der Waals surface area (Å²) in [6.45, 7) is 11.8. The minimum atomic E-state index is -0.813. The van der Waals surface area contributed by atoms with E-state index in [0.29, 0.717) is 36.8 Å². The Hall–Kier alpha value is -2.48. The number of aromatic amines is 1. The van der Waals surface area contributed by atoms with Gasteiger partial charge in [-0.25, -0.2) is 14.6 Å². The number of carbonyl (C=O) groups is 2. The number of amides is 2. The Kier molecular flexibility index (Phi) is 6.15. The van der Waals surface area contributed by atoms with Crippen molar-refractivity contribution in [2.75, 3.05) is 13.1 Å². The Balaban J connectivity index is 1.87. The lowest BCUT2D eigenvalue weighted by atomic mass is 9.86. The van der Waals surface area contributed by atoms with Gasteiger partial charge in [0.1, 0.15) is 22.6 Å². The van der Waals surface area contributed by atoms with Crippen LogP contribution in [0.3, 0.4) is 0 Å². The molecule has 2 amide bonds. The monoisotopic (exact) mass is 450 g/mol. The van der Waals surface area contributed by atoms with E-state index in [9.17, 15) is 9.59 Å². The molecule has 1 aromatic carbocycles. The lowest BCUT2D eigenvalue weighted by Crippen LogP contribution is -2.55. The van der Waals surface area contributed by atoms with Crippen LogP contribution < -0.4 is 5.32 Å². The number of ether oxygens (including phenoxy) is 2. The molecule has 1 saturated heterocycles. The van der Waals surface area contributed by atoms with Crippen molar-refractivity contribution in [2.24, 2.45) is 0 Å². The van der Waals surface area contributed by atoms with E-state index in [1.54, 1.807) is 17.0 Å². The molecule has 1 fully saturated rings. The van der Waals surface area contributed by atoms with Gasteiger partial charge in [-0.2, -0.15) is 0 Å². The normalized spacial score (nSPS) is 16.8. The van der Waals surface area contributed by atoms with Gasteiger partial charge in [0.25, 0.3) is 0 Å². The Bertz CT molecular complexity index is 966. The van der Waals surface area contributed by atoms with Crippen LogP contribution in [0.1, 0.15) is 60.2 Å². The maximum Gasteiger partial charge on any atom is 0.410 e. The lowest BCUT2D eigenvalue weighted by molar-refractivity contribution is 0.0107. The quantitative estimate of drug-likeness (QED) is 0.673. The van der Waals surface area contributed by atoms with Gasteiger partial charge in [0.15, 0.2) is 0 Å². The van der Waals surface area contributed by atoms with Crippen molar-refractivity contribution in [3.8, 4) is 0 Å². The SMILES string of the molecule is CC(C)(C)OC(=O)NC1(c2nc3ccc(Cl)cc3[nH]2)CCN(C(=O)OC(C)(C)C)CC1. The Morgan fingerprint density at radius 1 is 1.10 bits per heavy atom. The number of hydrogen-bond acceptors (Lipinski definition) is 5. The summed E-state index contributed by atoms with van der Waals surface area (Å²) in [5.41, 5.74) is -0.490. The zero-order chi connectivity index (χ0) is 23.0. The zero-order valence-electron chi connectivity index (χ0n) is 19.0. The van der Waals surface area contributed by atoms with Crippen molar-refractivity contribution < 1.29 is 19.1 Å². The third-order valence-corrected chi connectivity index (χ3v) is 5.14. The average molecular weight is 451 g/mol. The lowest BCUT2D eigenvalue weighted by Gasteiger charge is -2.41. The van der Waals surface area contributed by atoms with Gasteiger partial charge >= 0.3 is 12.2 Å². The maximum absolute atomic E-state index is 12.7. The predicted octanol–water partition coefficient (Wildman–Crippen LogP) is 4.97. The molecule has 170 valence electrons. The average Bonchev–Trinajstić information content (AvgIpc) is 3.02. The fourth-order valence-electron chi connectivity index (χ4n) is 3.53. The molecular formula is C22H31ClN4O4. The second kappa shape index (κ2) is 8.22. The number of rotatable bonds is 2. The maximum atomic E-state index is 12.7. The molecule has 0 unspecified atom stereocenters. The molecule has 2 N–H and O–H groups in total. The predicted molar refractivity (Wildman–Crippen MR) is 119 cm³/mol. The van der Waals surface area contributed by atoms with Crippen molar-refractivity contribution in [3.63, 3.8) is 0 Å². The second-order valence-corrected chi connectivity index (χ2v) is 10.4. The van der Waals surface area contributed by atoms with E-state index in [1.807, 2.05) is 47.6 Å². The summed E-state index contributed by atoms with van der Waals surface area (Å²) in [5, 5.41) is 3.62. The Morgan fingerprint density at radius 3 is 2.29 bits per heavy atom. The van der Waals surface area contributed by atoms with Crippen molar-refractivity contribution in [1.82, 2.24) is 20.2 Å². The Labute approximate surface area is 187 Å². The molecule has 1 aliphatic rings. The van der Waals surface area contributed by atoms with E-state index in [-0.39, 0.29) is 6.09 Å². The number of benzene rings is 1. The van der Waals surface area contributed by atoms with Crippen molar-refractivity contribution in [3.05, 3.63) is 29.0 Å². The molecule has 0 saturated carbocycles. The topological polar surface area (TPSA) is 96.5 Å². The molecule has 31 heavy (non-hydrogen) atoms. The van der Waals surface area contributed by atoms with Crippen molar-refractivity contribution in [1.29, 1.82) is 0 Å². The fourth-order valence-corrected chi connectivity index (χ4v) is 3.70. The van der Waals surface area contributed by atoms with Gasteiger partial charge in [-0.15, -0.1) is 0 Å². The highest BCUT2D eigenvalue weighted by Crippen LogP contribution is 2.34. The fraction of sp³-hybridized carbons (Fsp3) is 0.591. The third-order valence-electron chi connectivity index (χ3n) is 4.91. The van der Waals surface area contributed by atoms with E-state index >= 15 is 0 Å². The van der Waals surface area contributed by atoms with Crippen LogP contribution in [0.4, 0.5) is 9.59 Å². The first kappa shape index (κ1) is 23.2. The summed E-state index contributed by atoms with van der Waals surface area (Å²) >= 11 is 6.12. The van der Waals surface area contributed by atoms with Gasteiger partial charge in [-0.1, -0.05) is 11.6 Å². The third kappa shape index (κ3) is 5.81. The van der Waals surface area contributed by atoms with Crippen LogP contribution in [0.2, 0.25) is 5.02 Å². The molecule has 8 nitrogen and oxygen atoms in total. The first-order valence-electron chi connectivity index (χ1n) is 10.4. The van der Waals surface area contributed by atoms with Gasteiger partial charge < -0.3 is 24.7 Å². The largest absolute Gasteiger partial charge is 0.444 e. The summed E-state index contributed by atoms with van der Waals surface area (Å²) in [7, 11) is 0. The summed E-state index contributed by atoms with van der Waals surface area (Å²) in [6, 6.07) is 5.40. The number of H-pyrrole nitrogens is 1.